The lowest BCUT2D eigenvalue weighted by Gasteiger charge is -2.42. The van der Waals surface area contributed by atoms with Crippen LogP contribution in [0.1, 0.15) is 24.8 Å². The van der Waals surface area contributed by atoms with E-state index in [1.165, 1.54) is 23.4 Å². The number of hydrogen-bond acceptors (Lipinski definition) is 6. The molecule has 1 amide bonds. The van der Waals surface area contributed by atoms with Crippen LogP contribution in [0.3, 0.4) is 0 Å². The molecule has 2 saturated heterocycles. The standard InChI is InChI=1S/C23H36N4O4S/c1-24-11-9-20(10-12-24)25-13-15-26(16-14-25)23(28)18-31-17-21-8-7-19-5-3-4-6-22(19)27(21)32(2,29)30/h3-6,20-21H,7-18H2,1-2H3. The Balaban J connectivity index is 1.25. The van der Waals surface area contributed by atoms with Gasteiger partial charge in [-0.2, -0.15) is 0 Å². The number of aryl methyl sites for hydroxylation is 1. The van der Waals surface area contributed by atoms with E-state index < -0.39 is 10.0 Å². The summed E-state index contributed by atoms with van der Waals surface area (Å²) in [4.78, 5) is 19.5. The van der Waals surface area contributed by atoms with Crippen molar-refractivity contribution in [3.05, 3.63) is 29.8 Å². The Kier molecular flexibility index (Phi) is 7.39. The van der Waals surface area contributed by atoms with E-state index in [4.69, 9.17) is 4.74 Å². The molecule has 8 nitrogen and oxygen atoms in total. The molecule has 0 spiro atoms. The SMILES string of the molecule is CN1CCC(N2CCN(C(=O)COCC3CCc4ccccc4N3S(C)(=O)=O)CC2)CC1. The van der Waals surface area contributed by atoms with Gasteiger partial charge in [0, 0.05) is 32.2 Å². The van der Waals surface area contributed by atoms with Gasteiger partial charge in [0.25, 0.3) is 0 Å². The molecule has 32 heavy (non-hydrogen) atoms. The van der Waals surface area contributed by atoms with Crippen LogP contribution in [-0.2, 0) is 26.0 Å². The van der Waals surface area contributed by atoms with Crippen molar-refractivity contribution in [2.45, 2.75) is 37.8 Å². The van der Waals surface area contributed by atoms with Crippen molar-refractivity contribution >= 4 is 21.6 Å². The lowest BCUT2D eigenvalue weighted by molar-refractivity contribution is -0.138. The topological polar surface area (TPSA) is 73.4 Å². The number of nitrogens with zero attached hydrogens (tertiary/aromatic N) is 4. The summed E-state index contributed by atoms with van der Waals surface area (Å²) in [5, 5.41) is 0. The number of carbonyl (C=O) groups is 1. The van der Waals surface area contributed by atoms with Gasteiger partial charge in [0.15, 0.2) is 0 Å². The summed E-state index contributed by atoms with van der Waals surface area (Å²) >= 11 is 0. The van der Waals surface area contributed by atoms with Crippen LogP contribution < -0.4 is 4.31 Å². The van der Waals surface area contributed by atoms with Crippen LogP contribution in [0.2, 0.25) is 0 Å². The summed E-state index contributed by atoms with van der Waals surface area (Å²) in [6.45, 7) is 5.83. The summed E-state index contributed by atoms with van der Waals surface area (Å²) in [6.07, 6.45) is 5.14. The Morgan fingerprint density at radius 3 is 2.41 bits per heavy atom. The number of anilines is 1. The second-order valence-electron chi connectivity index (χ2n) is 9.35. The van der Waals surface area contributed by atoms with Gasteiger partial charge in [-0.05, 0) is 57.5 Å². The molecule has 1 atom stereocenters. The number of carbonyl (C=O) groups excluding carboxylic acids is 1. The van der Waals surface area contributed by atoms with Crippen LogP contribution in [0.5, 0.6) is 0 Å². The summed E-state index contributed by atoms with van der Waals surface area (Å²) in [5.74, 6) is -0.00450. The van der Waals surface area contributed by atoms with Crippen LogP contribution in [0, 0.1) is 0 Å². The van der Waals surface area contributed by atoms with E-state index in [0.29, 0.717) is 12.5 Å². The average molecular weight is 465 g/mol. The van der Waals surface area contributed by atoms with Crippen molar-refractivity contribution in [1.29, 1.82) is 0 Å². The fraction of sp³-hybridized carbons (Fsp3) is 0.696. The molecular formula is C23H36N4O4S. The molecule has 0 saturated carbocycles. The minimum absolute atomic E-state index is 0.00394. The third kappa shape index (κ3) is 5.44. The van der Waals surface area contributed by atoms with Gasteiger partial charge in [0.05, 0.1) is 24.6 Å². The van der Waals surface area contributed by atoms with Crippen molar-refractivity contribution in [2.75, 3.05) is 70.1 Å². The first-order valence-corrected chi connectivity index (χ1v) is 13.5. The van der Waals surface area contributed by atoms with Crippen molar-refractivity contribution in [3.8, 4) is 0 Å². The molecule has 3 heterocycles. The lowest BCUT2D eigenvalue weighted by Crippen LogP contribution is -2.54. The number of sulfonamides is 1. The zero-order valence-electron chi connectivity index (χ0n) is 19.3. The number of benzene rings is 1. The molecule has 4 rings (SSSR count). The van der Waals surface area contributed by atoms with Gasteiger partial charge in [-0.3, -0.25) is 14.0 Å². The second kappa shape index (κ2) is 10.1. The van der Waals surface area contributed by atoms with E-state index in [1.807, 2.05) is 29.2 Å². The molecule has 3 aliphatic rings. The first-order valence-electron chi connectivity index (χ1n) is 11.7. The Hall–Kier alpha value is -1.68. The molecule has 1 unspecified atom stereocenters. The van der Waals surface area contributed by atoms with E-state index in [1.54, 1.807) is 0 Å². The maximum absolute atomic E-state index is 12.7. The predicted molar refractivity (Wildman–Crippen MR) is 125 cm³/mol. The molecule has 178 valence electrons. The summed E-state index contributed by atoms with van der Waals surface area (Å²) in [5.41, 5.74) is 1.76. The van der Waals surface area contributed by atoms with Gasteiger partial charge < -0.3 is 14.5 Å². The van der Waals surface area contributed by atoms with E-state index in [0.717, 1.165) is 56.9 Å². The highest BCUT2D eigenvalue weighted by Gasteiger charge is 2.33. The Morgan fingerprint density at radius 1 is 1.03 bits per heavy atom. The Bertz CT molecular complexity index is 893. The Morgan fingerprint density at radius 2 is 1.72 bits per heavy atom. The van der Waals surface area contributed by atoms with Crippen LogP contribution in [0.15, 0.2) is 24.3 Å². The van der Waals surface area contributed by atoms with Gasteiger partial charge in [0.2, 0.25) is 15.9 Å². The number of rotatable bonds is 6. The highest BCUT2D eigenvalue weighted by Crippen LogP contribution is 2.32. The first kappa shape index (κ1) is 23.5. The van der Waals surface area contributed by atoms with Crippen LogP contribution in [-0.4, -0.2) is 107 Å². The zero-order chi connectivity index (χ0) is 22.7. The van der Waals surface area contributed by atoms with Crippen molar-refractivity contribution in [2.24, 2.45) is 0 Å². The molecule has 0 radical (unpaired) electrons. The van der Waals surface area contributed by atoms with Crippen LogP contribution in [0.4, 0.5) is 5.69 Å². The van der Waals surface area contributed by atoms with Gasteiger partial charge in [-0.15, -0.1) is 0 Å². The van der Waals surface area contributed by atoms with Crippen molar-refractivity contribution in [3.63, 3.8) is 0 Å². The Labute approximate surface area is 192 Å². The number of piperidine rings is 1. The van der Waals surface area contributed by atoms with Gasteiger partial charge in [0.1, 0.15) is 6.61 Å². The number of para-hydroxylation sites is 1. The summed E-state index contributed by atoms with van der Waals surface area (Å²) in [7, 11) is -1.26. The highest BCUT2D eigenvalue weighted by atomic mass is 32.2. The number of ether oxygens (including phenoxy) is 1. The third-order valence-corrected chi connectivity index (χ3v) is 8.28. The molecule has 0 aromatic heterocycles. The number of hydrogen-bond donors (Lipinski definition) is 0. The quantitative estimate of drug-likeness (QED) is 0.626. The van der Waals surface area contributed by atoms with Crippen LogP contribution >= 0.6 is 0 Å². The normalized spacial score (nSPS) is 23.9. The fourth-order valence-corrected chi connectivity index (χ4v) is 6.49. The lowest BCUT2D eigenvalue weighted by atomic mass is 9.98. The molecule has 1 aromatic rings. The number of likely N-dealkylation sites (tertiary alicyclic amines) is 1. The fourth-order valence-electron chi connectivity index (χ4n) is 5.24. The molecule has 1 aromatic carbocycles. The van der Waals surface area contributed by atoms with Crippen molar-refractivity contribution in [1.82, 2.24) is 14.7 Å². The number of amides is 1. The second-order valence-corrected chi connectivity index (χ2v) is 11.2. The maximum Gasteiger partial charge on any atom is 0.248 e. The van der Waals surface area contributed by atoms with Crippen LogP contribution in [0.25, 0.3) is 0 Å². The number of piperazine rings is 1. The van der Waals surface area contributed by atoms with Crippen molar-refractivity contribution < 1.29 is 17.9 Å². The smallest absolute Gasteiger partial charge is 0.248 e. The average Bonchev–Trinajstić information content (AvgIpc) is 2.78. The molecule has 2 fully saturated rings. The van der Waals surface area contributed by atoms with E-state index in [9.17, 15) is 13.2 Å². The monoisotopic (exact) mass is 464 g/mol. The molecule has 0 bridgehead atoms. The third-order valence-electron chi connectivity index (χ3n) is 7.07. The predicted octanol–water partition coefficient (Wildman–Crippen LogP) is 1.02. The minimum Gasteiger partial charge on any atom is -0.369 e. The largest absolute Gasteiger partial charge is 0.369 e. The molecule has 0 aliphatic carbocycles. The number of fused-ring (bicyclic) bond motifs is 1. The maximum atomic E-state index is 12.7. The zero-order valence-corrected chi connectivity index (χ0v) is 20.1. The van der Waals surface area contributed by atoms with Gasteiger partial charge >= 0.3 is 0 Å². The van der Waals surface area contributed by atoms with E-state index >= 15 is 0 Å². The van der Waals surface area contributed by atoms with Gasteiger partial charge in [-0.1, -0.05) is 18.2 Å². The molecular weight excluding hydrogens is 428 g/mol. The van der Waals surface area contributed by atoms with E-state index in [-0.39, 0.29) is 25.2 Å². The van der Waals surface area contributed by atoms with Gasteiger partial charge in [-0.25, -0.2) is 8.42 Å². The minimum atomic E-state index is -3.43. The molecule has 9 heteroatoms. The molecule has 0 N–H and O–H groups in total. The van der Waals surface area contributed by atoms with E-state index in [2.05, 4.69) is 16.8 Å². The highest BCUT2D eigenvalue weighted by molar-refractivity contribution is 7.92. The first-order chi connectivity index (χ1) is 15.3. The summed E-state index contributed by atoms with van der Waals surface area (Å²) in [6, 6.07) is 7.96. The molecule has 3 aliphatic heterocycles. The summed E-state index contributed by atoms with van der Waals surface area (Å²) < 4.78 is 32.2.